The van der Waals surface area contributed by atoms with E-state index >= 15 is 0 Å². The Morgan fingerprint density at radius 3 is 1.86 bits per heavy atom. The minimum Gasteiger partial charge on any atom is -0.455 e. The Morgan fingerprint density at radius 2 is 1.04 bits per heavy atom. The van der Waals surface area contributed by atoms with E-state index in [1.807, 2.05) is 23.5 Å². The minimum absolute atomic E-state index is 0.914. The van der Waals surface area contributed by atoms with E-state index in [0.717, 1.165) is 50.1 Å². The molecule has 0 atom stereocenters. The van der Waals surface area contributed by atoms with Crippen LogP contribution in [0.4, 0.5) is 17.1 Å². The molecule has 0 aliphatic heterocycles. The van der Waals surface area contributed by atoms with Gasteiger partial charge in [0.2, 0.25) is 0 Å². The normalized spacial score (nSPS) is 11.7. The molecule has 0 aliphatic carbocycles. The molecule has 49 heavy (non-hydrogen) atoms. The molecular formula is C46H29NOS. The lowest BCUT2D eigenvalue weighted by Crippen LogP contribution is -2.09. The summed E-state index contributed by atoms with van der Waals surface area (Å²) in [5, 5.41) is 7.56. The van der Waals surface area contributed by atoms with E-state index in [4.69, 9.17) is 4.42 Å². The lowest BCUT2D eigenvalue weighted by Gasteiger charge is -2.26. The second-order valence-electron chi connectivity index (χ2n) is 12.5. The van der Waals surface area contributed by atoms with Gasteiger partial charge in [0, 0.05) is 53.6 Å². The third-order valence-corrected chi connectivity index (χ3v) is 10.9. The van der Waals surface area contributed by atoms with Crippen LogP contribution in [-0.4, -0.2) is 0 Å². The lowest BCUT2D eigenvalue weighted by molar-refractivity contribution is 0.670. The summed E-state index contributed by atoms with van der Waals surface area (Å²) in [6, 6.07) is 63.1. The van der Waals surface area contributed by atoms with Crippen LogP contribution in [-0.2, 0) is 0 Å². The van der Waals surface area contributed by atoms with E-state index in [-0.39, 0.29) is 0 Å². The summed E-state index contributed by atoms with van der Waals surface area (Å²) in [6.45, 7) is 0. The third-order valence-electron chi connectivity index (χ3n) is 9.68. The Balaban J connectivity index is 1.01. The molecule has 0 N–H and O–H groups in total. The largest absolute Gasteiger partial charge is 0.455 e. The minimum atomic E-state index is 0.914. The molecule has 10 aromatic rings. The Morgan fingerprint density at radius 1 is 0.408 bits per heavy atom. The van der Waals surface area contributed by atoms with Crippen LogP contribution >= 0.6 is 11.3 Å². The molecule has 0 amide bonds. The fourth-order valence-corrected chi connectivity index (χ4v) is 8.55. The van der Waals surface area contributed by atoms with Crippen LogP contribution in [0.15, 0.2) is 180 Å². The van der Waals surface area contributed by atoms with Crippen LogP contribution in [0.2, 0.25) is 0 Å². The molecule has 0 saturated heterocycles. The zero-order valence-electron chi connectivity index (χ0n) is 26.5. The SMILES string of the molecule is c1ccc(N(c2ccc(-c3ccc4c(c3)sc3c5ccccc5ccc43)cc2)c2ccc(-c3cccc4c3oc3ccccc34)cc2)cc1. The average Bonchev–Trinajstić information content (AvgIpc) is 3.74. The van der Waals surface area contributed by atoms with Gasteiger partial charge in [-0.15, -0.1) is 11.3 Å². The van der Waals surface area contributed by atoms with Crippen LogP contribution < -0.4 is 4.90 Å². The maximum atomic E-state index is 6.35. The monoisotopic (exact) mass is 643 g/mol. The van der Waals surface area contributed by atoms with Crippen molar-refractivity contribution < 1.29 is 4.42 Å². The topological polar surface area (TPSA) is 16.4 Å². The standard InChI is InChI=1S/C46H29NOS/c1-2-10-34(11-3-1)47(36-25-19-32(20-26-36)37-14-8-15-41-39-13-6-7-16-43(39)48-45(37)41)35-23-17-30(18-24-35)33-22-27-40-42-28-21-31-9-4-5-12-38(31)46(42)49-44(40)29-33/h1-29H. The zero-order chi connectivity index (χ0) is 32.3. The van der Waals surface area contributed by atoms with Crippen molar-refractivity contribution in [3.63, 3.8) is 0 Å². The van der Waals surface area contributed by atoms with Gasteiger partial charge in [0.1, 0.15) is 11.2 Å². The predicted molar refractivity (Wildman–Crippen MR) is 210 cm³/mol. The van der Waals surface area contributed by atoms with E-state index in [1.54, 1.807) is 0 Å². The number of furan rings is 1. The molecule has 0 spiro atoms. The van der Waals surface area contributed by atoms with Crippen LogP contribution in [0.3, 0.4) is 0 Å². The van der Waals surface area contributed by atoms with Gasteiger partial charge in [0.15, 0.2) is 0 Å². The summed E-state index contributed by atoms with van der Waals surface area (Å²) in [6.07, 6.45) is 0. The molecule has 0 unspecified atom stereocenters. The quantitative estimate of drug-likeness (QED) is 0.186. The summed E-state index contributed by atoms with van der Waals surface area (Å²) in [4.78, 5) is 2.32. The van der Waals surface area contributed by atoms with Crippen molar-refractivity contribution in [2.24, 2.45) is 0 Å². The van der Waals surface area contributed by atoms with E-state index in [1.165, 1.54) is 42.1 Å². The Bertz CT molecular complexity index is 2810. The van der Waals surface area contributed by atoms with Gasteiger partial charge in [-0.2, -0.15) is 0 Å². The molecule has 3 heteroatoms. The van der Waals surface area contributed by atoms with Crippen molar-refractivity contribution in [3.05, 3.63) is 176 Å². The number of hydrogen-bond donors (Lipinski definition) is 0. The summed E-state index contributed by atoms with van der Waals surface area (Å²) < 4.78 is 9.03. The van der Waals surface area contributed by atoms with Crippen molar-refractivity contribution in [3.8, 4) is 22.3 Å². The van der Waals surface area contributed by atoms with Crippen LogP contribution in [0.5, 0.6) is 0 Å². The number of rotatable bonds is 5. The molecule has 0 radical (unpaired) electrons. The van der Waals surface area contributed by atoms with E-state index in [9.17, 15) is 0 Å². The average molecular weight is 644 g/mol. The summed E-state index contributed by atoms with van der Waals surface area (Å²) in [5.74, 6) is 0. The number of nitrogens with zero attached hydrogens (tertiary/aromatic N) is 1. The van der Waals surface area contributed by atoms with Crippen molar-refractivity contribution in [2.75, 3.05) is 4.90 Å². The first-order chi connectivity index (χ1) is 24.3. The van der Waals surface area contributed by atoms with Crippen molar-refractivity contribution in [2.45, 2.75) is 0 Å². The zero-order valence-corrected chi connectivity index (χ0v) is 27.3. The number of anilines is 3. The fraction of sp³-hybridized carbons (Fsp3) is 0. The lowest BCUT2D eigenvalue weighted by atomic mass is 10.0. The number of thiophene rings is 1. The molecule has 230 valence electrons. The molecule has 0 saturated carbocycles. The molecule has 0 aliphatic rings. The number of hydrogen-bond acceptors (Lipinski definition) is 3. The second kappa shape index (κ2) is 11.2. The molecule has 0 fully saturated rings. The maximum absolute atomic E-state index is 6.35. The Labute approximate surface area is 287 Å². The number of para-hydroxylation sites is 3. The van der Waals surface area contributed by atoms with Gasteiger partial charge in [0.05, 0.1) is 0 Å². The highest BCUT2D eigenvalue weighted by Crippen LogP contribution is 2.42. The van der Waals surface area contributed by atoms with Gasteiger partial charge in [-0.1, -0.05) is 127 Å². The summed E-state index contributed by atoms with van der Waals surface area (Å²) >= 11 is 1.89. The predicted octanol–water partition coefficient (Wildman–Crippen LogP) is 13.9. The van der Waals surface area contributed by atoms with Crippen molar-refractivity contribution in [1.82, 2.24) is 0 Å². The van der Waals surface area contributed by atoms with E-state index < -0.39 is 0 Å². The Hall–Kier alpha value is -6.16. The van der Waals surface area contributed by atoms with Crippen molar-refractivity contribution in [1.29, 1.82) is 0 Å². The molecule has 2 nitrogen and oxygen atoms in total. The molecule has 2 aromatic heterocycles. The van der Waals surface area contributed by atoms with Gasteiger partial charge >= 0.3 is 0 Å². The molecular weight excluding hydrogens is 615 g/mol. The molecule has 10 rings (SSSR count). The molecule has 2 heterocycles. The molecule has 8 aromatic carbocycles. The highest BCUT2D eigenvalue weighted by atomic mass is 32.1. The Kier molecular flexibility index (Phi) is 6.39. The molecule has 0 bridgehead atoms. The van der Waals surface area contributed by atoms with Crippen molar-refractivity contribution >= 4 is 81.3 Å². The van der Waals surface area contributed by atoms with Gasteiger partial charge in [-0.3, -0.25) is 0 Å². The van der Waals surface area contributed by atoms with E-state index in [0.29, 0.717) is 0 Å². The van der Waals surface area contributed by atoms with Crippen LogP contribution in [0.25, 0.3) is 75.1 Å². The van der Waals surface area contributed by atoms with Crippen LogP contribution in [0, 0.1) is 0 Å². The maximum Gasteiger partial charge on any atom is 0.143 e. The van der Waals surface area contributed by atoms with Gasteiger partial charge < -0.3 is 9.32 Å². The van der Waals surface area contributed by atoms with Gasteiger partial charge in [0.25, 0.3) is 0 Å². The van der Waals surface area contributed by atoms with Crippen LogP contribution in [0.1, 0.15) is 0 Å². The second-order valence-corrected chi connectivity index (χ2v) is 13.6. The van der Waals surface area contributed by atoms with E-state index in [2.05, 4.69) is 169 Å². The number of fused-ring (bicyclic) bond motifs is 8. The highest BCUT2D eigenvalue weighted by molar-refractivity contribution is 7.26. The third kappa shape index (κ3) is 4.62. The first-order valence-corrected chi connectivity index (χ1v) is 17.4. The highest BCUT2D eigenvalue weighted by Gasteiger charge is 2.16. The fourth-order valence-electron chi connectivity index (χ4n) is 7.28. The van der Waals surface area contributed by atoms with Gasteiger partial charge in [-0.25, -0.2) is 0 Å². The first kappa shape index (κ1) is 27.9. The smallest absolute Gasteiger partial charge is 0.143 e. The van der Waals surface area contributed by atoms with Gasteiger partial charge in [-0.05, 0) is 76.0 Å². The first-order valence-electron chi connectivity index (χ1n) is 16.6. The number of benzene rings is 8. The summed E-state index contributed by atoms with van der Waals surface area (Å²) in [5.41, 5.74) is 9.81. The summed E-state index contributed by atoms with van der Waals surface area (Å²) in [7, 11) is 0.